The second kappa shape index (κ2) is 7.93. The highest BCUT2D eigenvalue weighted by Gasteiger charge is 2.15. The van der Waals surface area contributed by atoms with Crippen LogP contribution < -0.4 is 10.1 Å². The Hall–Kier alpha value is -4.01. The normalized spacial score (nSPS) is 11.2. The zero-order valence-corrected chi connectivity index (χ0v) is 15.9. The molecule has 1 amide bonds. The number of hydrogen-bond acceptors (Lipinski definition) is 7. The molecule has 0 aliphatic heterocycles. The Labute approximate surface area is 166 Å². The predicted octanol–water partition coefficient (Wildman–Crippen LogP) is 2.43. The smallest absolute Gasteiger partial charge is 0.261 e. The second-order valence-corrected chi connectivity index (χ2v) is 6.21. The van der Waals surface area contributed by atoms with Crippen LogP contribution in [0.2, 0.25) is 0 Å². The highest BCUT2D eigenvalue weighted by atomic mass is 16.5. The summed E-state index contributed by atoms with van der Waals surface area (Å²) >= 11 is 0. The number of carbonyl (C=O) groups excluding carboxylic acids is 1. The third-order valence-corrected chi connectivity index (χ3v) is 4.21. The maximum atomic E-state index is 12.2. The van der Waals surface area contributed by atoms with Crippen LogP contribution in [0, 0.1) is 6.92 Å². The SMILES string of the molecule is COc1cccc(C=CC(=O)NCc2nnc3c(-c4nc(C)no4)cccn23)c1. The molecule has 0 bridgehead atoms. The largest absolute Gasteiger partial charge is 0.497 e. The molecule has 0 aliphatic rings. The zero-order chi connectivity index (χ0) is 20.2. The summed E-state index contributed by atoms with van der Waals surface area (Å²) in [7, 11) is 1.60. The standard InChI is InChI=1S/C20H18N6O3/c1-13-22-20(29-25-13)16-7-4-10-26-17(23-24-19(16)26)12-21-18(27)9-8-14-5-3-6-15(11-14)28-2/h3-11H,12H2,1-2H3,(H,21,27). The molecule has 0 aliphatic carbocycles. The van der Waals surface area contributed by atoms with Crippen LogP contribution in [0.1, 0.15) is 17.2 Å². The topological polar surface area (TPSA) is 107 Å². The van der Waals surface area contributed by atoms with Gasteiger partial charge in [-0.25, -0.2) is 0 Å². The number of hydrogen-bond donors (Lipinski definition) is 1. The van der Waals surface area contributed by atoms with E-state index in [-0.39, 0.29) is 12.5 Å². The summed E-state index contributed by atoms with van der Waals surface area (Å²) in [5.74, 6) is 1.98. The first-order valence-corrected chi connectivity index (χ1v) is 8.87. The maximum absolute atomic E-state index is 12.2. The Balaban J connectivity index is 1.47. The van der Waals surface area contributed by atoms with E-state index in [9.17, 15) is 4.79 Å². The molecule has 0 radical (unpaired) electrons. The van der Waals surface area contributed by atoms with E-state index < -0.39 is 0 Å². The number of amides is 1. The van der Waals surface area contributed by atoms with Crippen LogP contribution in [0.4, 0.5) is 0 Å². The minimum Gasteiger partial charge on any atom is -0.497 e. The molecule has 0 saturated heterocycles. The number of nitrogens with one attached hydrogen (secondary N) is 1. The number of carbonyl (C=O) groups is 1. The number of aryl methyl sites for hydroxylation is 1. The van der Waals surface area contributed by atoms with Crippen molar-refractivity contribution in [3.8, 4) is 17.2 Å². The molecule has 9 nitrogen and oxygen atoms in total. The van der Waals surface area contributed by atoms with Crippen LogP contribution in [0.3, 0.4) is 0 Å². The average molecular weight is 390 g/mol. The van der Waals surface area contributed by atoms with Crippen molar-refractivity contribution in [2.24, 2.45) is 0 Å². The van der Waals surface area contributed by atoms with Crippen molar-refractivity contribution in [2.75, 3.05) is 7.11 Å². The third-order valence-electron chi connectivity index (χ3n) is 4.21. The molecule has 0 saturated carbocycles. The molecular formula is C20H18N6O3. The van der Waals surface area contributed by atoms with Gasteiger partial charge in [-0.1, -0.05) is 17.3 Å². The summed E-state index contributed by atoms with van der Waals surface area (Å²) < 4.78 is 12.2. The maximum Gasteiger partial charge on any atom is 0.261 e. The van der Waals surface area contributed by atoms with Crippen molar-refractivity contribution < 1.29 is 14.1 Å². The summed E-state index contributed by atoms with van der Waals surface area (Å²) in [5.41, 5.74) is 2.12. The third kappa shape index (κ3) is 3.98. The lowest BCUT2D eigenvalue weighted by molar-refractivity contribution is -0.116. The number of aromatic nitrogens is 5. The number of rotatable bonds is 6. The lowest BCUT2D eigenvalue weighted by Crippen LogP contribution is -2.21. The summed E-state index contributed by atoms with van der Waals surface area (Å²) in [6.45, 7) is 1.96. The molecule has 0 atom stereocenters. The molecule has 0 unspecified atom stereocenters. The first-order valence-electron chi connectivity index (χ1n) is 8.87. The molecule has 9 heteroatoms. The van der Waals surface area contributed by atoms with Gasteiger partial charge >= 0.3 is 0 Å². The summed E-state index contributed by atoms with van der Waals surface area (Å²) in [4.78, 5) is 16.4. The van der Waals surface area contributed by atoms with Gasteiger partial charge in [0.1, 0.15) is 5.75 Å². The number of pyridine rings is 1. The van der Waals surface area contributed by atoms with Gasteiger partial charge < -0.3 is 14.6 Å². The van der Waals surface area contributed by atoms with Crippen molar-refractivity contribution in [3.05, 3.63) is 65.9 Å². The fraction of sp³-hybridized carbons (Fsp3) is 0.150. The van der Waals surface area contributed by atoms with Crippen LogP contribution >= 0.6 is 0 Å². The first kappa shape index (κ1) is 18.4. The predicted molar refractivity (Wildman–Crippen MR) is 105 cm³/mol. The van der Waals surface area contributed by atoms with Crippen LogP contribution in [-0.2, 0) is 11.3 Å². The van der Waals surface area contributed by atoms with Crippen molar-refractivity contribution in [1.82, 2.24) is 30.1 Å². The van der Waals surface area contributed by atoms with Gasteiger partial charge in [0.2, 0.25) is 5.91 Å². The molecule has 1 N–H and O–H groups in total. The van der Waals surface area contributed by atoms with Crippen molar-refractivity contribution in [2.45, 2.75) is 13.5 Å². The number of ether oxygens (including phenoxy) is 1. The Morgan fingerprint density at radius 1 is 1.28 bits per heavy atom. The van der Waals surface area contributed by atoms with Crippen molar-refractivity contribution >= 4 is 17.6 Å². The Morgan fingerprint density at radius 2 is 2.17 bits per heavy atom. The van der Waals surface area contributed by atoms with Gasteiger partial charge in [0.25, 0.3) is 5.89 Å². The van der Waals surface area contributed by atoms with Crippen molar-refractivity contribution in [3.63, 3.8) is 0 Å². The van der Waals surface area contributed by atoms with E-state index in [0.717, 1.165) is 11.3 Å². The summed E-state index contributed by atoms with van der Waals surface area (Å²) in [6, 6.07) is 11.1. The molecule has 29 heavy (non-hydrogen) atoms. The zero-order valence-electron chi connectivity index (χ0n) is 15.9. The average Bonchev–Trinajstić information content (AvgIpc) is 3.37. The molecule has 3 heterocycles. The number of benzene rings is 1. The van der Waals surface area contributed by atoms with E-state index in [0.29, 0.717) is 28.8 Å². The van der Waals surface area contributed by atoms with Gasteiger partial charge in [-0.05, 0) is 42.8 Å². The van der Waals surface area contributed by atoms with Crippen LogP contribution in [0.15, 0.2) is 53.2 Å². The number of nitrogens with zero attached hydrogens (tertiary/aromatic N) is 5. The highest BCUT2D eigenvalue weighted by molar-refractivity contribution is 5.91. The van der Waals surface area contributed by atoms with E-state index in [1.54, 1.807) is 24.5 Å². The lowest BCUT2D eigenvalue weighted by Gasteiger charge is -2.03. The monoisotopic (exact) mass is 390 g/mol. The van der Waals surface area contributed by atoms with Gasteiger partial charge in [-0.3, -0.25) is 9.20 Å². The number of fused-ring (bicyclic) bond motifs is 1. The molecule has 1 aromatic carbocycles. The minimum atomic E-state index is -0.242. The van der Waals surface area contributed by atoms with Crippen LogP contribution in [0.25, 0.3) is 23.2 Å². The second-order valence-electron chi connectivity index (χ2n) is 6.21. The van der Waals surface area contributed by atoms with Gasteiger partial charge in [-0.15, -0.1) is 10.2 Å². The molecule has 0 spiro atoms. The lowest BCUT2D eigenvalue weighted by atomic mass is 10.2. The Bertz CT molecular complexity index is 1190. The molecule has 3 aromatic heterocycles. The van der Waals surface area contributed by atoms with Gasteiger partial charge in [0.15, 0.2) is 17.3 Å². The molecular weight excluding hydrogens is 372 g/mol. The quantitative estimate of drug-likeness (QED) is 0.504. The van der Waals surface area contributed by atoms with Crippen LogP contribution in [-0.4, -0.2) is 37.8 Å². The molecule has 146 valence electrons. The van der Waals surface area contributed by atoms with E-state index >= 15 is 0 Å². The van der Waals surface area contributed by atoms with Gasteiger partial charge in [0, 0.05) is 12.3 Å². The fourth-order valence-corrected chi connectivity index (χ4v) is 2.80. The van der Waals surface area contributed by atoms with E-state index in [4.69, 9.17) is 9.26 Å². The Morgan fingerprint density at radius 3 is 2.97 bits per heavy atom. The van der Waals surface area contributed by atoms with Crippen molar-refractivity contribution in [1.29, 1.82) is 0 Å². The highest BCUT2D eigenvalue weighted by Crippen LogP contribution is 2.22. The molecule has 4 rings (SSSR count). The van der Waals surface area contributed by atoms with Gasteiger partial charge in [-0.2, -0.15) is 4.98 Å². The Kier molecular flexibility index (Phi) is 5.02. The fourth-order valence-electron chi connectivity index (χ4n) is 2.80. The van der Waals surface area contributed by atoms with E-state index in [2.05, 4.69) is 25.7 Å². The van der Waals surface area contributed by atoms with E-state index in [1.807, 2.05) is 42.6 Å². The minimum absolute atomic E-state index is 0.217. The number of methoxy groups -OCH3 is 1. The molecule has 0 fully saturated rings. The first-order chi connectivity index (χ1) is 14.1. The van der Waals surface area contributed by atoms with Gasteiger partial charge in [0.05, 0.1) is 19.2 Å². The summed E-state index contributed by atoms with van der Waals surface area (Å²) in [6.07, 6.45) is 5.00. The molecule has 4 aromatic rings. The van der Waals surface area contributed by atoms with Crippen LogP contribution in [0.5, 0.6) is 5.75 Å². The summed E-state index contributed by atoms with van der Waals surface area (Å²) in [5, 5.41) is 15.0. The van der Waals surface area contributed by atoms with E-state index in [1.165, 1.54) is 6.08 Å².